The van der Waals surface area contributed by atoms with Crippen LogP contribution >= 0.6 is 0 Å². The predicted octanol–water partition coefficient (Wildman–Crippen LogP) is 3.01. The molecule has 1 amide bonds. The molecule has 0 radical (unpaired) electrons. The Morgan fingerprint density at radius 1 is 1.11 bits per heavy atom. The fourth-order valence-corrected chi connectivity index (χ4v) is 3.48. The van der Waals surface area contributed by atoms with Gasteiger partial charge in [-0.25, -0.2) is 0 Å². The number of carbonyl (C=O) groups excluding carboxylic acids is 1. The Kier molecular flexibility index (Phi) is 6.63. The monoisotopic (exact) mass is 385 g/mol. The third-order valence-corrected chi connectivity index (χ3v) is 4.94. The lowest BCUT2D eigenvalue weighted by Gasteiger charge is -2.16. The Morgan fingerprint density at radius 3 is 2.50 bits per heavy atom. The fraction of sp³-hybridized carbons (Fsp3) is 0.409. The van der Waals surface area contributed by atoms with Crippen molar-refractivity contribution < 1.29 is 23.7 Å². The molecule has 0 fully saturated rings. The van der Waals surface area contributed by atoms with E-state index < -0.39 is 0 Å². The maximum Gasteiger partial charge on any atom is 0.224 e. The van der Waals surface area contributed by atoms with Gasteiger partial charge in [0.05, 0.1) is 34.4 Å². The van der Waals surface area contributed by atoms with E-state index in [9.17, 15) is 4.79 Å². The molecule has 2 aromatic rings. The van der Waals surface area contributed by atoms with Gasteiger partial charge in [0.25, 0.3) is 0 Å². The molecule has 0 aliphatic carbocycles. The average Bonchev–Trinajstić information content (AvgIpc) is 2.93. The van der Waals surface area contributed by atoms with Gasteiger partial charge in [0.1, 0.15) is 5.75 Å². The maximum atomic E-state index is 12.5. The van der Waals surface area contributed by atoms with Crippen LogP contribution in [0.15, 0.2) is 36.4 Å². The van der Waals surface area contributed by atoms with Gasteiger partial charge in [-0.1, -0.05) is 18.2 Å². The van der Waals surface area contributed by atoms with Gasteiger partial charge in [0.15, 0.2) is 11.5 Å². The highest BCUT2D eigenvalue weighted by molar-refractivity contribution is 5.79. The minimum Gasteiger partial charge on any atom is -0.493 e. The van der Waals surface area contributed by atoms with E-state index in [4.69, 9.17) is 18.9 Å². The number of hydrogen-bond acceptors (Lipinski definition) is 5. The third-order valence-electron chi connectivity index (χ3n) is 4.94. The molecule has 0 saturated carbocycles. The topological polar surface area (TPSA) is 66.0 Å². The number of fused-ring (bicyclic) bond motifs is 1. The molecule has 1 heterocycles. The Bertz CT molecular complexity index is 795. The van der Waals surface area contributed by atoms with Crippen LogP contribution in [0.1, 0.15) is 17.5 Å². The first-order valence-corrected chi connectivity index (χ1v) is 9.41. The molecule has 1 N–H and O–H groups in total. The minimum absolute atomic E-state index is 0.0345. The van der Waals surface area contributed by atoms with Gasteiger partial charge < -0.3 is 24.3 Å². The van der Waals surface area contributed by atoms with E-state index in [1.807, 2.05) is 18.2 Å². The smallest absolute Gasteiger partial charge is 0.224 e. The SMILES string of the molecule is COc1cc(CC(=O)NC[C@@H]2CCOc3ccccc3C2)cc(OC)c1OC. The Labute approximate surface area is 165 Å². The van der Waals surface area contributed by atoms with Crippen molar-refractivity contribution >= 4 is 5.91 Å². The van der Waals surface area contributed by atoms with Crippen LogP contribution in [0.5, 0.6) is 23.0 Å². The highest BCUT2D eigenvalue weighted by Crippen LogP contribution is 2.38. The summed E-state index contributed by atoms with van der Waals surface area (Å²) in [5.41, 5.74) is 2.01. The van der Waals surface area contributed by atoms with E-state index in [1.54, 1.807) is 33.5 Å². The second kappa shape index (κ2) is 9.35. The van der Waals surface area contributed by atoms with Gasteiger partial charge in [-0.15, -0.1) is 0 Å². The van der Waals surface area contributed by atoms with E-state index in [0.717, 1.165) is 24.2 Å². The molecule has 3 rings (SSSR count). The molecule has 2 aromatic carbocycles. The average molecular weight is 385 g/mol. The van der Waals surface area contributed by atoms with Crippen molar-refractivity contribution in [3.63, 3.8) is 0 Å². The number of rotatable bonds is 7. The molecule has 28 heavy (non-hydrogen) atoms. The van der Waals surface area contributed by atoms with E-state index in [1.165, 1.54) is 5.56 Å². The van der Waals surface area contributed by atoms with Crippen molar-refractivity contribution in [2.75, 3.05) is 34.5 Å². The van der Waals surface area contributed by atoms with Crippen molar-refractivity contribution in [1.82, 2.24) is 5.32 Å². The van der Waals surface area contributed by atoms with Crippen LogP contribution in [-0.2, 0) is 17.6 Å². The number of ether oxygens (including phenoxy) is 4. The minimum atomic E-state index is -0.0345. The highest BCUT2D eigenvalue weighted by Gasteiger charge is 2.19. The van der Waals surface area contributed by atoms with E-state index in [-0.39, 0.29) is 12.3 Å². The highest BCUT2D eigenvalue weighted by atomic mass is 16.5. The van der Waals surface area contributed by atoms with Crippen LogP contribution in [0.25, 0.3) is 0 Å². The van der Waals surface area contributed by atoms with Gasteiger partial charge in [-0.05, 0) is 48.1 Å². The zero-order chi connectivity index (χ0) is 19.9. The standard InChI is InChI=1S/C22H27NO5/c1-25-19-11-16(12-20(26-2)22(19)27-3)13-21(24)23-14-15-8-9-28-18-7-5-4-6-17(18)10-15/h4-7,11-12,15H,8-10,13-14H2,1-3H3,(H,23,24)/t15-/m1/s1. The number of methoxy groups -OCH3 is 3. The first-order chi connectivity index (χ1) is 13.6. The molecule has 6 nitrogen and oxygen atoms in total. The largest absolute Gasteiger partial charge is 0.493 e. The summed E-state index contributed by atoms with van der Waals surface area (Å²) >= 11 is 0. The zero-order valence-corrected chi connectivity index (χ0v) is 16.6. The quantitative estimate of drug-likeness (QED) is 0.794. The van der Waals surface area contributed by atoms with Gasteiger partial charge in [-0.3, -0.25) is 4.79 Å². The molecule has 0 aromatic heterocycles. The first kappa shape index (κ1) is 19.9. The summed E-state index contributed by atoms with van der Waals surface area (Å²) in [5.74, 6) is 2.88. The van der Waals surface area contributed by atoms with Gasteiger partial charge in [-0.2, -0.15) is 0 Å². The van der Waals surface area contributed by atoms with E-state index in [2.05, 4.69) is 11.4 Å². The molecule has 0 saturated heterocycles. The van der Waals surface area contributed by atoms with Crippen molar-refractivity contribution in [3.05, 3.63) is 47.5 Å². The number of carbonyl (C=O) groups is 1. The number of para-hydroxylation sites is 1. The molecule has 6 heteroatoms. The lowest BCUT2D eigenvalue weighted by molar-refractivity contribution is -0.120. The molecular weight excluding hydrogens is 358 g/mol. The summed E-state index contributed by atoms with van der Waals surface area (Å²) in [4.78, 5) is 12.5. The Morgan fingerprint density at radius 2 is 1.82 bits per heavy atom. The lowest BCUT2D eigenvalue weighted by atomic mass is 9.97. The Balaban J connectivity index is 1.60. The fourth-order valence-electron chi connectivity index (χ4n) is 3.48. The number of amides is 1. The van der Waals surface area contributed by atoms with Crippen molar-refractivity contribution in [2.24, 2.45) is 5.92 Å². The molecular formula is C22H27NO5. The molecule has 1 aliphatic heterocycles. The molecule has 150 valence electrons. The molecule has 0 spiro atoms. The summed E-state index contributed by atoms with van der Waals surface area (Å²) in [6.45, 7) is 1.30. The van der Waals surface area contributed by atoms with Gasteiger partial charge in [0, 0.05) is 6.54 Å². The first-order valence-electron chi connectivity index (χ1n) is 9.41. The molecule has 0 unspecified atom stereocenters. The second-order valence-electron chi connectivity index (χ2n) is 6.83. The van der Waals surface area contributed by atoms with Gasteiger partial charge in [0.2, 0.25) is 11.7 Å². The number of nitrogens with one attached hydrogen (secondary N) is 1. The summed E-state index contributed by atoms with van der Waals surface area (Å²) in [7, 11) is 4.68. The van der Waals surface area contributed by atoms with Crippen LogP contribution in [0, 0.1) is 5.92 Å². The van der Waals surface area contributed by atoms with Gasteiger partial charge >= 0.3 is 0 Å². The predicted molar refractivity (Wildman–Crippen MR) is 107 cm³/mol. The number of benzene rings is 2. The van der Waals surface area contributed by atoms with Crippen LogP contribution in [0.2, 0.25) is 0 Å². The van der Waals surface area contributed by atoms with Crippen molar-refractivity contribution in [2.45, 2.75) is 19.3 Å². The van der Waals surface area contributed by atoms with E-state index >= 15 is 0 Å². The maximum absolute atomic E-state index is 12.5. The molecule has 1 atom stereocenters. The lowest BCUT2D eigenvalue weighted by Crippen LogP contribution is -2.31. The van der Waals surface area contributed by atoms with Crippen LogP contribution in [0.4, 0.5) is 0 Å². The third kappa shape index (κ3) is 4.68. The zero-order valence-electron chi connectivity index (χ0n) is 16.6. The summed E-state index contributed by atoms with van der Waals surface area (Å²) in [6, 6.07) is 11.7. The van der Waals surface area contributed by atoms with Crippen molar-refractivity contribution in [1.29, 1.82) is 0 Å². The van der Waals surface area contributed by atoms with Crippen LogP contribution in [-0.4, -0.2) is 40.4 Å². The summed E-state index contributed by atoms with van der Waals surface area (Å²) in [6.07, 6.45) is 2.07. The molecule has 0 bridgehead atoms. The second-order valence-corrected chi connectivity index (χ2v) is 6.83. The van der Waals surface area contributed by atoms with Crippen LogP contribution < -0.4 is 24.3 Å². The van der Waals surface area contributed by atoms with Crippen LogP contribution in [0.3, 0.4) is 0 Å². The molecule has 1 aliphatic rings. The van der Waals surface area contributed by atoms with Crippen molar-refractivity contribution in [3.8, 4) is 23.0 Å². The summed E-state index contributed by atoms with van der Waals surface area (Å²) < 4.78 is 21.8. The number of hydrogen-bond donors (Lipinski definition) is 1. The Hall–Kier alpha value is -2.89. The normalized spacial score (nSPS) is 15.6. The summed E-state index contributed by atoms with van der Waals surface area (Å²) in [5, 5.41) is 3.06. The van der Waals surface area contributed by atoms with E-state index in [0.29, 0.717) is 36.3 Å².